The van der Waals surface area contributed by atoms with Gasteiger partial charge >= 0.3 is 0 Å². The minimum absolute atomic E-state index is 0.285. The number of nitrogens with zero attached hydrogens (tertiary/aromatic N) is 1. The fourth-order valence-electron chi connectivity index (χ4n) is 3.49. The van der Waals surface area contributed by atoms with Gasteiger partial charge in [-0.1, -0.05) is 19.3 Å². The second-order valence-corrected chi connectivity index (χ2v) is 8.33. The third kappa shape index (κ3) is 4.27. The van der Waals surface area contributed by atoms with Crippen LogP contribution in [-0.2, 0) is 10.8 Å². The fourth-order valence-corrected chi connectivity index (χ4v) is 3.89. The van der Waals surface area contributed by atoms with Crippen molar-refractivity contribution in [1.29, 1.82) is 0 Å². The molecule has 1 heterocycles. The van der Waals surface area contributed by atoms with Crippen molar-refractivity contribution in [2.45, 2.75) is 63.3 Å². The smallest absolute Gasteiger partial charge is 0.0444 e. The molecule has 4 atom stereocenters. The third-order valence-corrected chi connectivity index (χ3v) is 6.29. The van der Waals surface area contributed by atoms with E-state index in [1.54, 1.807) is 0 Å². The van der Waals surface area contributed by atoms with Gasteiger partial charge in [-0.15, -0.1) is 0 Å². The molecule has 4 heteroatoms. The van der Waals surface area contributed by atoms with Gasteiger partial charge in [0, 0.05) is 54.0 Å². The van der Waals surface area contributed by atoms with Crippen LogP contribution < -0.4 is 5.32 Å². The van der Waals surface area contributed by atoms with Crippen molar-refractivity contribution in [3.05, 3.63) is 0 Å². The first-order valence-corrected chi connectivity index (χ1v) is 9.49. The first-order chi connectivity index (χ1) is 9.08. The first kappa shape index (κ1) is 15.5. The maximum atomic E-state index is 11.6. The van der Waals surface area contributed by atoms with E-state index in [1.165, 1.54) is 32.1 Å². The Labute approximate surface area is 121 Å². The van der Waals surface area contributed by atoms with Gasteiger partial charge in [-0.05, 0) is 32.6 Å². The topological polar surface area (TPSA) is 32.3 Å². The lowest BCUT2D eigenvalue weighted by atomic mass is 9.82. The van der Waals surface area contributed by atoms with Gasteiger partial charge in [-0.2, -0.15) is 0 Å². The van der Waals surface area contributed by atoms with Crippen molar-refractivity contribution in [1.82, 2.24) is 10.2 Å². The number of rotatable bonds is 4. The van der Waals surface area contributed by atoms with Crippen molar-refractivity contribution in [3.8, 4) is 0 Å². The zero-order valence-corrected chi connectivity index (χ0v) is 13.5. The van der Waals surface area contributed by atoms with Gasteiger partial charge in [0.15, 0.2) is 0 Å². The molecular formula is C15H30N2OS. The molecule has 1 aliphatic heterocycles. The lowest BCUT2D eigenvalue weighted by Gasteiger charge is -2.43. The Morgan fingerprint density at radius 3 is 2.63 bits per heavy atom. The highest BCUT2D eigenvalue weighted by atomic mass is 32.2. The minimum atomic E-state index is -0.705. The Balaban J connectivity index is 1.89. The van der Waals surface area contributed by atoms with Crippen LogP contribution in [-0.4, -0.2) is 52.3 Å². The van der Waals surface area contributed by atoms with Crippen molar-refractivity contribution in [3.63, 3.8) is 0 Å². The zero-order chi connectivity index (χ0) is 13.8. The predicted octanol–water partition coefficient (Wildman–Crippen LogP) is 2.00. The molecule has 2 fully saturated rings. The van der Waals surface area contributed by atoms with Gasteiger partial charge in [0.05, 0.1) is 0 Å². The SMILES string of the molecule is CC1CNC(C2CCCCC2)CN1CC(C)S(C)=O. The van der Waals surface area contributed by atoms with Crippen LogP contribution in [0, 0.1) is 5.92 Å². The molecule has 1 N–H and O–H groups in total. The Morgan fingerprint density at radius 2 is 2.00 bits per heavy atom. The van der Waals surface area contributed by atoms with Crippen LogP contribution in [0.3, 0.4) is 0 Å². The third-order valence-electron chi connectivity index (χ3n) is 5.01. The molecule has 0 radical (unpaired) electrons. The van der Waals surface area contributed by atoms with E-state index in [0.29, 0.717) is 12.1 Å². The Kier molecular flexibility index (Phi) is 5.85. The molecular weight excluding hydrogens is 256 g/mol. The Morgan fingerprint density at radius 1 is 1.32 bits per heavy atom. The summed E-state index contributed by atoms with van der Waals surface area (Å²) >= 11 is 0. The number of hydrogen-bond donors (Lipinski definition) is 1. The monoisotopic (exact) mass is 286 g/mol. The van der Waals surface area contributed by atoms with Crippen LogP contribution in [0.5, 0.6) is 0 Å². The Bertz CT molecular complexity index is 305. The van der Waals surface area contributed by atoms with Gasteiger partial charge < -0.3 is 5.32 Å². The summed E-state index contributed by atoms with van der Waals surface area (Å²) in [6, 6.07) is 1.24. The Hall–Kier alpha value is 0.0700. The molecule has 4 unspecified atom stereocenters. The molecule has 1 saturated heterocycles. The summed E-state index contributed by atoms with van der Waals surface area (Å²) in [7, 11) is -0.705. The molecule has 2 rings (SSSR count). The predicted molar refractivity (Wildman–Crippen MR) is 82.9 cm³/mol. The molecule has 0 aromatic carbocycles. The van der Waals surface area contributed by atoms with Crippen molar-refractivity contribution < 1.29 is 4.21 Å². The molecule has 0 aromatic rings. The minimum Gasteiger partial charge on any atom is -0.311 e. The van der Waals surface area contributed by atoms with Crippen molar-refractivity contribution in [2.24, 2.45) is 5.92 Å². The van der Waals surface area contributed by atoms with Crippen LogP contribution in [0.25, 0.3) is 0 Å². The van der Waals surface area contributed by atoms with E-state index in [2.05, 4.69) is 24.1 Å². The highest BCUT2D eigenvalue weighted by Gasteiger charge is 2.31. The maximum absolute atomic E-state index is 11.6. The number of hydrogen-bond acceptors (Lipinski definition) is 3. The normalized spacial score (nSPS) is 34.1. The summed E-state index contributed by atoms with van der Waals surface area (Å²) in [6.07, 6.45) is 8.87. The van der Waals surface area contributed by atoms with E-state index in [0.717, 1.165) is 25.6 Å². The molecule has 1 aliphatic carbocycles. The van der Waals surface area contributed by atoms with Crippen LogP contribution in [0.2, 0.25) is 0 Å². The molecule has 1 saturated carbocycles. The average Bonchev–Trinajstić information content (AvgIpc) is 2.42. The molecule has 0 amide bonds. The highest BCUT2D eigenvalue weighted by Crippen LogP contribution is 2.28. The summed E-state index contributed by atoms with van der Waals surface area (Å²) in [5.41, 5.74) is 0. The molecule has 0 bridgehead atoms. The van der Waals surface area contributed by atoms with Crippen LogP contribution in [0.4, 0.5) is 0 Å². The van der Waals surface area contributed by atoms with Gasteiger partial charge in [0.2, 0.25) is 0 Å². The second-order valence-electron chi connectivity index (χ2n) is 6.52. The lowest BCUT2D eigenvalue weighted by molar-refractivity contribution is 0.105. The average molecular weight is 286 g/mol. The lowest BCUT2D eigenvalue weighted by Crippen LogP contribution is -2.59. The van der Waals surface area contributed by atoms with Gasteiger partial charge in [0.25, 0.3) is 0 Å². The quantitative estimate of drug-likeness (QED) is 0.858. The molecule has 3 nitrogen and oxygen atoms in total. The summed E-state index contributed by atoms with van der Waals surface area (Å²) in [6.45, 7) is 7.61. The molecule has 112 valence electrons. The van der Waals surface area contributed by atoms with Gasteiger partial charge in [-0.3, -0.25) is 9.11 Å². The van der Waals surface area contributed by atoms with E-state index >= 15 is 0 Å². The van der Waals surface area contributed by atoms with Crippen LogP contribution in [0.1, 0.15) is 46.0 Å². The van der Waals surface area contributed by atoms with Gasteiger partial charge in [0.1, 0.15) is 0 Å². The van der Waals surface area contributed by atoms with Crippen molar-refractivity contribution >= 4 is 10.8 Å². The van der Waals surface area contributed by atoms with Crippen LogP contribution in [0.15, 0.2) is 0 Å². The van der Waals surface area contributed by atoms with E-state index in [4.69, 9.17) is 0 Å². The summed E-state index contributed by atoms with van der Waals surface area (Å²) in [5, 5.41) is 4.04. The number of nitrogens with one attached hydrogen (secondary N) is 1. The summed E-state index contributed by atoms with van der Waals surface area (Å²) < 4.78 is 11.6. The molecule has 2 aliphatic rings. The van der Waals surface area contributed by atoms with E-state index < -0.39 is 10.8 Å². The van der Waals surface area contributed by atoms with Gasteiger partial charge in [-0.25, -0.2) is 0 Å². The zero-order valence-electron chi connectivity index (χ0n) is 12.7. The van der Waals surface area contributed by atoms with Crippen molar-refractivity contribution in [2.75, 3.05) is 25.9 Å². The first-order valence-electron chi connectivity index (χ1n) is 7.87. The standard InChI is InChI=1S/C15H30N2OS/c1-12-9-16-15(14-7-5-4-6-8-14)11-17(12)10-13(2)19(3)18/h12-16H,4-11H2,1-3H3. The molecule has 0 aromatic heterocycles. The summed E-state index contributed by atoms with van der Waals surface area (Å²) in [4.78, 5) is 2.56. The second kappa shape index (κ2) is 7.19. The van der Waals surface area contributed by atoms with E-state index in [-0.39, 0.29) is 5.25 Å². The molecule has 19 heavy (non-hydrogen) atoms. The van der Waals surface area contributed by atoms with Crippen LogP contribution >= 0.6 is 0 Å². The largest absolute Gasteiger partial charge is 0.311 e. The number of piperazine rings is 1. The summed E-state index contributed by atoms with van der Waals surface area (Å²) in [5.74, 6) is 0.867. The van der Waals surface area contributed by atoms with E-state index in [1.807, 2.05) is 6.26 Å². The molecule has 0 spiro atoms. The maximum Gasteiger partial charge on any atom is 0.0444 e. The highest BCUT2D eigenvalue weighted by molar-refractivity contribution is 7.84. The fraction of sp³-hybridized carbons (Fsp3) is 1.00. The van der Waals surface area contributed by atoms with E-state index in [9.17, 15) is 4.21 Å².